The number of carbonyl (C=O) groups excluding carboxylic acids is 1. The first-order valence-electron chi connectivity index (χ1n) is 10.1. The maximum Gasteiger partial charge on any atom is 0.246 e. The van der Waals surface area contributed by atoms with Crippen LogP contribution >= 0.6 is 0 Å². The van der Waals surface area contributed by atoms with Crippen LogP contribution in [0.15, 0.2) is 12.1 Å². The SMILES string of the molecule is Cc1nc(N[C@H]2C[C@H](Oc3cc(F)c(F)c(F)c3)C2)nc2c1N(C(C)C)C(=O)CN2C. The molecule has 1 amide bonds. The maximum absolute atomic E-state index is 13.3. The van der Waals surface area contributed by atoms with Crippen LogP contribution in [-0.4, -0.2) is 47.7 Å². The molecule has 1 aliphatic carbocycles. The van der Waals surface area contributed by atoms with Crippen molar-refractivity contribution in [3.8, 4) is 5.75 Å². The Morgan fingerprint density at radius 1 is 1.16 bits per heavy atom. The topological polar surface area (TPSA) is 70.6 Å². The van der Waals surface area contributed by atoms with Crippen molar-refractivity contribution in [2.24, 2.45) is 0 Å². The van der Waals surface area contributed by atoms with Crippen molar-refractivity contribution in [3.05, 3.63) is 35.3 Å². The third-order valence-electron chi connectivity index (χ3n) is 5.49. The summed E-state index contributed by atoms with van der Waals surface area (Å²) in [6, 6.07) is 1.69. The van der Waals surface area contributed by atoms with Gasteiger partial charge in [0.25, 0.3) is 0 Å². The van der Waals surface area contributed by atoms with E-state index in [2.05, 4.69) is 15.3 Å². The molecule has 2 aliphatic rings. The molecule has 2 heterocycles. The van der Waals surface area contributed by atoms with E-state index in [1.165, 1.54) is 0 Å². The van der Waals surface area contributed by atoms with Crippen molar-refractivity contribution in [2.45, 2.75) is 51.8 Å². The first kappa shape index (κ1) is 21.2. The number of aryl methyl sites for hydroxylation is 1. The van der Waals surface area contributed by atoms with Gasteiger partial charge in [-0.15, -0.1) is 0 Å². The lowest BCUT2D eigenvalue weighted by Crippen LogP contribution is -2.48. The van der Waals surface area contributed by atoms with Crippen molar-refractivity contribution in [2.75, 3.05) is 28.7 Å². The molecule has 1 aromatic heterocycles. The number of hydrogen-bond acceptors (Lipinski definition) is 6. The van der Waals surface area contributed by atoms with E-state index in [4.69, 9.17) is 4.74 Å². The lowest BCUT2D eigenvalue weighted by molar-refractivity contribution is -0.117. The van der Waals surface area contributed by atoms with Crippen LogP contribution in [0.25, 0.3) is 0 Å². The molecule has 0 saturated heterocycles. The zero-order chi connectivity index (χ0) is 22.4. The zero-order valence-corrected chi connectivity index (χ0v) is 17.7. The Morgan fingerprint density at radius 2 is 1.81 bits per heavy atom. The Kier molecular flexibility index (Phi) is 5.40. The molecule has 1 fully saturated rings. The minimum atomic E-state index is -1.51. The van der Waals surface area contributed by atoms with E-state index in [-0.39, 0.29) is 36.4 Å². The van der Waals surface area contributed by atoms with Crippen LogP contribution < -0.4 is 19.9 Å². The van der Waals surface area contributed by atoms with Crippen molar-refractivity contribution in [1.82, 2.24) is 9.97 Å². The standard InChI is InChI=1S/C21H24F3N5O2/c1-10(2)29-17(30)9-28(4)20-19(29)11(3)25-21(27-20)26-12-5-13(6-12)31-14-7-15(22)18(24)16(23)8-14/h7-8,10,12-13H,5-6,9H2,1-4H3,(H,25,26,27)/t12-,13-. The summed E-state index contributed by atoms with van der Waals surface area (Å²) in [4.78, 5) is 25.1. The Balaban J connectivity index is 1.43. The lowest BCUT2D eigenvalue weighted by Gasteiger charge is -2.38. The summed E-state index contributed by atoms with van der Waals surface area (Å²) in [7, 11) is 1.82. The Hall–Kier alpha value is -3.04. The predicted molar refractivity (Wildman–Crippen MR) is 110 cm³/mol. The van der Waals surface area contributed by atoms with Crippen molar-refractivity contribution >= 4 is 23.4 Å². The van der Waals surface area contributed by atoms with E-state index < -0.39 is 17.5 Å². The highest BCUT2D eigenvalue weighted by Crippen LogP contribution is 2.36. The van der Waals surface area contributed by atoms with Crippen LogP contribution in [-0.2, 0) is 4.79 Å². The number of nitrogens with one attached hydrogen (secondary N) is 1. The number of carbonyl (C=O) groups is 1. The number of fused-ring (bicyclic) bond motifs is 1. The average molecular weight is 435 g/mol. The number of anilines is 3. The number of halogens is 3. The van der Waals surface area contributed by atoms with Crippen molar-refractivity contribution in [3.63, 3.8) is 0 Å². The number of benzene rings is 1. The van der Waals surface area contributed by atoms with Crippen LogP contribution in [0.4, 0.5) is 30.6 Å². The van der Waals surface area contributed by atoms with Crippen LogP contribution in [0.5, 0.6) is 5.75 Å². The molecule has 0 atom stereocenters. The number of ether oxygens (including phenoxy) is 1. The van der Waals surface area contributed by atoms with Gasteiger partial charge < -0.3 is 19.9 Å². The first-order chi connectivity index (χ1) is 14.6. The molecule has 0 bridgehead atoms. The summed E-state index contributed by atoms with van der Waals surface area (Å²) in [5.74, 6) is -2.97. The lowest BCUT2D eigenvalue weighted by atomic mass is 9.89. The van der Waals surface area contributed by atoms with Crippen LogP contribution in [0, 0.1) is 24.4 Å². The molecule has 0 unspecified atom stereocenters. The van der Waals surface area contributed by atoms with Gasteiger partial charge in [-0.25, -0.2) is 18.2 Å². The second kappa shape index (κ2) is 7.90. The van der Waals surface area contributed by atoms with Crippen LogP contribution in [0.1, 0.15) is 32.4 Å². The summed E-state index contributed by atoms with van der Waals surface area (Å²) >= 11 is 0. The van der Waals surface area contributed by atoms with Gasteiger partial charge >= 0.3 is 0 Å². The fourth-order valence-corrected chi connectivity index (χ4v) is 3.94. The number of aromatic nitrogens is 2. The molecular weight excluding hydrogens is 411 g/mol. The summed E-state index contributed by atoms with van der Waals surface area (Å²) in [6.07, 6.45) is 0.899. The van der Waals surface area contributed by atoms with Crippen molar-refractivity contribution < 1.29 is 22.7 Å². The Morgan fingerprint density at radius 3 is 2.42 bits per heavy atom. The summed E-state index contributed by atoms with van der Waals surface area (Å²) in [6.45, 7) is 5.99. The van der Waals surface area contributed by atoms with E-state index in [1.807, 2.05) is 27.8 Å². The minimum Gasteiger partial charge on any atom is -0.490 e. The maximum atomic E-state index is 13.3. The largest absolute Gasteiger partial charge is 0.490 e. The number of likely N-dealkylation sites (N-methyl/N-ethyl adjacent to an activating group) is 1. The molecule has 1 saturated carbocycles. The van der Waals surface area contributed by atoms with E-state index in [0.29, 0.717) is 30.3 Å². The molecule has 1 aromatic carbocycles. The Bertz CT molecular complexity index is 1000. The Labute approximate surface area is 178 Å². The zero-order valence-electron chi connectivity index (χ0n) is 17.7. The summed E-state index contributed by atoms with van der Waals surface area (Å²) in [5, 5.41) is 3.25. The summed E-state index contributed by atoms with van der Waals surface area (Å²) < 4.78 is 45.3. The van der Waals surface area contributed by atoms with Gasteiger partial charge in [-0.2, -0.15) is 4.98 Å². The van der Waals surface area contributed by atoms with Gasteiger partial charge in [0.1, 0.15) is 17.5 Å². The highest BCUT2D eigenvalue weighted by Gasteiger charge is 2.35. The molecule has 2 aromatic rings. The van der Waals surface area contributed by atoms with Gasteiger partial charge in [0.05, 0.1) is 12.2 Å². The normalized spacial score (nSPS) is 20.6. The second-order valence-corrected chi connectivity index (χ2v) is 8.27. The van der Waals surface area contributed by atoms with Gasteiger partial charge in [0, 0.05) is 44.1 Å². The van der Waals surface area contributed by atoms with E-state index in [9.17, 15) is 18.0 Å². The predicted octanol–water partition coefficient (Wildman–Crippen LogP) is 3.42. The molecule has 0 radical (unpaired) electrons. The number of rotatable bonds is 5. The molecule has 4 rings (SSSR count). The monoisotopic (exact) mass is 435 g/mol. The number of hydrogen-bond donors (Lipinski definition) is 1. The molecule has 166 valence electrons. The van der Waals surface area contributed by atoms with Gasteiger partial charge in [-0.3, -0.25) is 4.79 Å². The van der Waals surface area contributed by atoms with Gasteiger partial charge in [0.2, 0.25) is 11.9 Å². The van der Waals surface area contributed by atoms with Crippen LogP contribution in [0.3, 0.4) is 0 Å². The highest BCUT2D eigenvalue weighted by atomic mass is 19.2. The third kappa shape index (κ3) is 3.98. The van der Waals surface area contributed by atoms with E-state index in [1.54, 1.807) is 9.80 Å². The van der Waals surface area contributed by atoms with E-state index in [0.717, 1.165) is 17.8 Å². The number of amides is 1. The first-order valence-corrected chi connectivity index (χ1v) is 10.1. The quantitative estimate of drug-likeness (QED) is 0.726. The van der Waals surface area contributed by atoms with Crippen molar-refractivity contribution in [1.29, 1.82) is 0 Å². The third-order valence-corrected chi connectivity index (χ3v) is 5.49. The smallest absolute Gasteiger partial charge is 0.246 e. The van der Waals surface area contributed by atoms with Gasteiger partial charge in [-0.1, -0.05) is 0 Å². The number of nitrogens with zero attached hydrogens (tertiary/aromatic N) is 4. The molecule has 7 nitrogen and oxygen atoms in total. The molecule has 0 spiro atoms. The van der Waals surface area contributed by atoms with Gasteiger partial charge in [0.15, 0.2) is 23.3 Å². The summed E-state index contributed by atoms with van der Waals surface area (Å²) in [5.41, 5.74) is 1.42. The molecule has 1 aliphatic heterocycles. The minimum absolute atomic E-state index is 0.00468. The molecule has 10 heteroatoms. The fraction of sp³-hybridized carbons (Fsp3) is 0.476. The van der Waals surface area contributed by atoms with Gasteiger partial charge in [-0.05, 0) is 20.8 Å². The highest BCUT2D eigenvalue weighted by molar-refractivity contribution is 6.03. The fourth-order valence-electron chi connectivity index (χ4n) is 3.94. The second-order valence-electron chi connectivity index (χ2n) is 8.27. The molecule has 1 N–H and O–H groups in total. The average Bonchev–Trinajstić information content (AvgIpc) is 2.65. The van der Waals surface area contributed by atoms with E-state index >= 15 is 0 Å². The van der Waals surface area contributed by atoms with Crippen LogP contribution in [0.2, 0.25) is 0 Å². The molecule has 31 heavy (non-hydrogen) atoms. The molecular formula is C21H24F3N5O2.